The van der Waals surface area contributed by atoms with Crippen molar-refractivity contribution in [3.05, 3.63) is 41.7 Å². The fraction of sp³-hybridized carbons (Fsp3) is 0.500. The maximum absolute atomic E-state index is 12.9. The predicted octanol–water partition coefficient (Wildman–Crippen LogP) is 5.48. The minimum Gasteiger partial charge on any atom is -0.303 e. The molecule has 0 heterocycles. The van der Waals surface area contributed by atoms with Gasteiger partial charge >= 0.3 is 7.60 Å². The van der Waals surface area contributed by atoms with Crippen LogP contribution in [0.1, 0.15) is 46.6 Å². The zero-order chi connectivity index (χ0) is 15.2. The van der Waals surface area contributed by atoms with E-state index in [2.05, 4.69) is 0 Å². The van der Waals surface area contributed by atoms with Crippen LogP contribution in [0.15, 0.2) is 36.1 Å². The summed E-state index contributed by atoms with van der Waals surface area (Å²) in [5.41, 5.74) is 2.03. The Kier molecular flexibility index (Phi) is 6.67. The van der Waals surface area contributed by atoms with Gasteiger partial charge in [-0.3, -0.25) is 4.57 Å². The molecular formula is C16H25O3P. The van der Waals surface area contributed by atoms with Gasteiger partial charge in [-0.1, -0.05) is 37.3 Å². The summed E-state index contributed by atoms with van der Waals surface area (Å²) in [6, 6.07) is 9.91. The summed E-state index contributed by atoms with van der Waals surface area (Å²) in [6.45, 7) is 9.47. The molecule has 1 rings (SSSR count). The molecule has 112 valence electrons. The lowest BCUT2D eigenvalue weighted by Gasteiger charge is -2.21. The molecular weight excluding hydrogens is 271 g/mol. The van der Waals surface area contributed by atoms with E-state index in [1.165, 1.54) is 0 Å². The van der Waals surface area contributed by atoms with E-state index in [0.29, 0.717) is 0 Å². The number of benzene rings is 1. The van der Waals surface area contributed by atoms with Gasteiger partial charge in [0.25, 0.3) is 0 Å². The molecule has 0 aliphatic heterocycles. The minimum absolute atomic E-state index is 0.148. The van der Waals surface area contributed by atoms with Gasteiger partial charge in [-0.25, -0.2) is 0 Å². The Morgan fingerprint density at radius 3 is 2.00 bits per heavy atom. The van der Waals surface area contributed by atoms with Crippen LogP contribution in [0.4, 0.5) is 0 Å². The van der Waals surface area contributed by atoms with Gasteiger partial charge in [-0.05, 0) is 45.3 Å². The summed E-state index contributed by atoms with van der Waals surface area (Å²) in [7, 11) is -3.23. The van der Waals surface area contributed by atoms with Gasteiger partial charge in [0.1, 0.15) is 0 Å². The molecule has 0 radical (unpaired) electrons. The number of rotatable bonds is 7. The van der Waals surface area contributed by atoms with E-state index in [9.17, 15) is 4.57 Å². The highest BCUT2D eigenvalue weighted by molar-refractivity contribution is 7.57. The first kappa shape index (κ1) is 17.2. The zero-order valence-corrected chi connectivity index (χ0v) is 13.9. The Morgan fingerprint density at radius 1 is 1.10 bits per heavy atom. The van der Waals surface area contributed by atoms with Crippen molar-refractivity contribution in [2.75, 3.05) is 0 Å². The quantitative estimate of drug-likeness (QED) is 0.625. The summed E-state index contributed by atoms with van der Waals surface area (Å²) >= 11 is 0. The molecule has 0 N–H and O–H groups in total. The monoisotopic (exact) mass is 296 g/mol. The predicted molar refractivity (Wildman–Crippen MR) is 84.8 cm³/mol. The Morgan fingerprint density at radius 2 is 1.60 bits per heavy atom. The fourth-order valence-corrected chi connectivity index (χ4v) is 3.95. The molecule has 0 aromatic heterocycles. The zero-order valence-electron chi connectivity index (χ0n) is 13.0. The van der Waals surface area contributed by atoms with Crippen LogP contribution in [-0.4, -0.2) is 12.2 Å². The Balaban J connectivity index is 3.12. The second kappa shape index (κ2) is 7.78. The van der Waals surface area contributed by atoms with Crippen LogP contribution >= 0.6 is 7.60 Å². The van der Waals surface area contributed by atoms with Crippen LogP contribution in [0, 0.1) is 0 Å². The van der Waals surface area contributed by atoms with Crippen LogP contribution in [0.5, 0.6) is 0 Å². The first-order valence-electron chi connectivity index (χ1n) is 7.10. The topological polar surface area (TPSA) is 35.5 Å². The Bertz CT molecular complexity index is 464. The highest BCUT2D eigenvalue weighted by Crippen LogP contribution is 2.54. The number of allylic oxidation sites excluding steroid dienone is 1. The molecule has 3 nitrogen and oxygen atoms in total. The van der Waals surface area contributed by atoms with Gasteiger partial charge in [-0.15, -0.1) is 0 Å². The normalized spacial score (nSPS) is 13.2. The van der Waals surface area contributed by atoms with Crippen molar-refractivity contribution in [1.82, 2.24) is 0 Å². The molecule has 0 saturated carbocycles. The van der Waals surface area contributed by atoms with Crippen molar-refractivity contribution in [3.63, 3.8) is 0 Å². The largest absolute Gasteiger partial charge is 0.354 e. The molecule has 0 atom stereocenters. The molecule has 0 fully saturated rings. The third-order valence-corrected chi connectivity index (χ3v) is 4.61. The van der Waals surface area contributed by atoms with E-state index >= 15 is 0 Å². The number of hydrogen-bond acceptors (Lipinski definition) is 3. The Hall–Kier alpha value is -0.890. The molecule has 1 aromatic carbocycles. The lowest BCUT2D eigenvalue weighted by molar-refractivity contribution is 0.149. The third kappa shape index (κ3) is 5.62. The third-order valence-electron chi connectivity index (χ3n) is 2.55. The summed E-state index contributed by atoms with van der Waals surface area (Å²) < 4.78 is 24.0. The maximum atomic E-state index is 12.9. The smallest absolute Gasteiger partial charge is 0.303 e. The summed E-state index contributed by atoms with van der Waals surface area (Å²) in [5, 5.41) is 0. The molecule has 1 aromatic rings. The van der Waals surface area contributed by atoms with Crippen LogP contribution in [-0.2, 0) is 13.6 Å². The van der Waals surface area contributed by atoms with Gasteiger partial charge in [0.05, 0.1) is 12.2 Å². The van der Waals surface area contributed by atoms with E-state index in [0.717, 1.165) is 17.6 Å². The minimum atomic E-state index is -3.23. The average molecular weight is 296 g/mol. The van der Waals surface area contributed by atoms with E-state index in [1.807, 2.05) is 65.0 Å². The molecule has 0 aliphatic rings. The average Bonchev–Trinajstić information content (AvgIpc) is 2.35. The summed E-state index contributed by atoms with van der Waals surface area (Å²) in [4.78, 5) is 0. The molecule has 0 saturated heterocycles. The van der Waals surface area contributed by atoms with Crippen molar-refractivity contribution in [3.8, 4) is 0 Å². The maximum Gasteiger partial charge on any atom is 0.354 e. The van der Waals surface area contributed by atoms with E-state index in [1.54, 1.807) is 5.82 Å². The van der Waals surface area contributed by atoms with E-state index in [-0.39, 0.29) is 12.2 Å². The van der Waals surface area contributed by atoms with Crippen molar-refractivity contribution in [2.24, 2.45) is 0 Å². The van der Waals surface area contributed by atoms with Crippen molar-refractivity contribution in [2.45, 2.75) is 53.2 Å². The molecule has 20 heavy (non-hydrogen) atoms. The summed E-state index contributed by atoms with van der Waals surface area (Å²) in [5.74, 6) is 1.67. The van der Waals surface area contributed by atoms with Gasteiger partial charge in [0.15, 0.2) is 0 Å². The fourth-order valence-electron chi connectivity index (χ4n) is 1.89. The number of hydrogen-bond donors (Lipinski definition) is 0. The first-order valence-corrected chi connectivity index (χ1v) is 8.71. The van der Waals surface area contributed by atoms with Crippen LogP contribution in [0.25, 0.3) is 5.57 Å². The van der Waals surface area contributed by atoms with Gasteiger partial charge < -0.3 is 9.05 Å². The summed E-state index contributed by atoms with van der Waals surface area (Å²) in [6.07, 6.45) is 0.478. The van der Waals surface area contributed by atoms with Gasteiger partial charge in [-0.2, -0.15) is 0 Å². The van der Waals surface area contributed by atoms with E-state index in [4.69, 9.17) is 9.05 Å². The first-order chi connectivity index (χ1) is 9.36. The molecule has 0 aliphatic carbocycles. The standard InChI is InChI=1S/C16H25O3P/c1-6-15(16-10-8-7-9-11-16)12-20(17,18-13(2)3)19-14(4)5/h7-14H,6H2,1-5H3/b15-12+. The molecule has 4 heteroatoms. The molecule has 0 unspecified atom stereocenters. The Labute approximate surface area is 122 Å². The highest BCUT2D eigenvalue weighted by atomic mass is 31.2. The lowest BCUT2D eigenvalue weighted by atomic mass is 10.1. The van der Waals surface area contributed by atoms with Crippen molar-refractivity contribution in [1.29, 1.82) is 0 Å². The molecule has 0 amide bonds. The SMILES string of the molecule is CC/C(=C\P(=O)(OC(C)C)OC(C)C)c1ccccc1. The molecule has 0 bridgehead atoms. The van der Waals surface area contributed by atoms with Gasteiger partial charge in [0, 0.05) is 5.82 Å². The molecule has 0 spiro atoms. The van der Waals surface area contributed by atoms with Gasteiger partial charge in [0.2, 0.25) is 0 Å². The second-order valence-electron chi connectivity index (χ2n) is 5.22. The van der Waals surface area contributed by atoms with Crippen LogP contribution < -0.4 is 0 Å². The van der Waals surface area contributed by atoms with Crippen molar-refractivity contribution >= 4 is 13.2 Å². The van der Waals surface area contributed by atoms with E-state index < -0.39 is 7.60 Å². The lowest BCUT2D eigenvalue weighted by Crippen LogP contribution is -2.06. The van der Waals surface area contributed by atoms with Crippen LogP contribution in [0.2, 0.25) is 0 Å². The highest BCUT2D eigenvalue weighted by Gasteiger charge is 2.25. The van der Waals surface area contributed by atoms with Crippen LogP contribution in [0.3, 0.4) is 0 Å². The second-order valence-corrected chi connectivity index (χ2v) is 6.98. The van der Waals surface area contributed by atoms with Crippen molar-refractivity contribution < 1.29 is 13.6 Å².